The van der Waals surface area contributed by atoms with Crippen LogP contribution < -0.4 is 5.73 Å². The van der Waals surface area contributed by atoms with Gasteiger partial charge in [0.1, 0.15) is 5.82 Å². The number of likely N-dealkylation sites (tertiary alicyclic amines) is 1. The van der Waals surface area contributed by atoms with Crippen LogP contribution in [0.3, 0.4) is 0 Å². The molecule has 8 nitrogen and oxygen atoms in total. The van der Waals surface area contributed by atoms with E-state index < -0.39 is 39.6 Å². The Labute approximate surface area is 236 Å². The predicted octanol–water partition coefficient (Wildman–Crippen LogP) is 4.47. The van der Waals surface area contributed by atoms with Crippen LogP contribution in [0.5, 0.6) is 0 Å². The van der Waals surface area contributed by atoms with Gasteiger partial charge in [0.05, 0.1) is 16.4 Å². The fraction of sp³-hybridized carbons (Fsp3) is 0.440. The van der Waals surface area contributed by atoms with Crippen molar-refractivity contribution in [3.05, 3.63) is 62.9 Å². The highest BCUT2D eigenvalue weighted by molar-refractivity contribution is 7.85. The number of hydrogen-bond acceptors (Lipinski definition) is 6. The average Bonchev–Trinajstić information content (AvgIpc) is 3.63. The van der Waals surface area contributed by atoms with E-state index in [0.29, 0.717) is 27.4 Å². The number of primary amides is 1. The van der Waals surface area contributed by atoms with Gasteiger partial charge in [0.2, 0.25) is 0 Å². The lowest BCUT2D eigenvalue weighted by molar-refractivity contribution is -0.134. The molecule has 2 unspecified atom stereocenters. The molecular formula is C25H30Cl2FN2O6S2-. The van der Waals surface area contributed by atoms with Gasteiger partial charge in [0, 0.05) is 33.7 Å². The van der Waals surface area contributed by atoms with Gasteiger partial charge < -0.3 is 15.4 Å². The number of carboxylic acids is 1. The van der Waals surface area contributed by atoms with E-state index in [-0.39, 0.29) is 10.8 Å². The Morgan fingerprint density at radius 2 is 1.58 bits per heavy atom. The SMILES string of the molecule is CC(=O)O.CS(=O)[O-].NC(=O)c1cc(C2CC2)c(CN2CCC(S(=O)c3cc(Cl)cc(Cl)c3)CC2)cc1F. The molecule has 13 heteroatoms. The lowest BCUT2D eigenvalue weighted by Gasteiger charge is -2.32. The van der Waals surface area contributed by atoms with Crippen LogP contribution in [0.25, 0.3) is 0 Å². The van der Waals surface area contributed by atoms with Gasteiger partial charge in [-0.25, -0.2) is 4.39 Å². The molecule has 1 heterocycles. The van der Waals surface area contributed by atoms with Crippen molar-refractivity contribution in [3.63, 3.8) is 0 Å². The second-order valence-electron chi connectivity index (χ2n) is 8.97. The van der Waals surface area contributed by atoms with E-state index in [1.54, 1.807) is 24.3 Å². The summed E-state index contributed by atoms with van der Waals surface area (Å²) >= 11 is 10.2. The zero-order valence-corrected chi connectivity index (χ0v) is 24.1. The number of benzene rings is 2. The number of rotatable bonds is 6. The van der Waals surface area contributed by atoms with Crippen molar-refractivity contribution in [1.29, 1.82) is 0 Å². The van der Waals surface area contributed by atoms with Crippen LogP contribution in [-0.4, -0.2) is 59.4 Å². The second kappa shape index (κ2) is 15.0. The number of nitrogens with zero attached hydrogens (tertiary/aromatic N) is 1. The molecule has 2 fully saturated rings. The summed E-state index contributed by atoms with van der Waals surface area (Å²) in [5.41, 5.74) is 7.23. The van der Waals surface area contributed by atoms with Gasteiger partial charge >= 0.3 is 0 Å². The zero-order valence-electron chi connectivity index (χ0n) is 21.0. The number of piperidine rings is 1. The van der Waals surface area contributed by atoms with Crippen LogP contribution in [0.4, 0.5) is 4.39 Å². The quantitative estimate of drug-likeness (QED) is 0.461. The third kappa shape index (κ3) is 10.7. The van der Waals surface area contributed by atoms with E-state index in [1.165, 1.54) is 6.07 Å². The molecule has 3 N–H and O–H groups in total. The molecule has 0 aromatic heterocycles. The minimum absolute atomic E-state index is 0.0325. The average molecular weight is 609 g/mol. The highest BCUT2D eigenvalue weighted by atomic mass is 35.5. The molecule has 0 radical (unpaired) electrons. The minimum atomic E-state index is -1.86. The van der Waals surface area contributed by atoms with Gasteiger partial charge in [-0.15, -0.1) is 0 Å². The molecule has 0 bridgehead atoms. The maximum absolute atomic E-state index is 14.4. The fourth-order valence-electron chi connectivity index (χ4n) is 4.09. The fourth-order valence-corrected chi connectivity index (χ4v) is 6.26. The molecule has 1 saturated heterocycles. The number of carboxylic acid groups (broad SMARTS) is 1. The van der Waals surface area contributed by atoms with E-state index in [2.05, 4.69) is 4.90 Å². The monoisotopic (exact) mass is 607 g/mol. The van der Waals surface area contributed by atoms with Crippen molar-refractivity contribution >= 4 is 57.0 Å². The summed E-state index contributed by atoms with van der Waals surface area (Å²) in [7, 11) is -1.17. The minimum Gasteiger partial charge on any atom is -0.773 e. The lowest BCUT2D eigenvalue weighted by atomic mass is 9.98. The van der Waals surface area contributed by atoms with Crippen LogP contribution in [0.2, 0.25) is 10.0 Å². The number of carbonyl (C=O) groups is 2. The van der Waals surface area contributed by atoms with Crippen LogP contribution in [0, 0.1) is 5.82 Å². The highest BCUT2D eigenvalue weighted by Gasteiger charge is 2.30. The zero-order chi connectivity index (χ0) is 28.6. The first kappa shape index (κ1) is 32.3. The second-order valence-corrected chi connectivity index (χ2v) is 12.4. The van der Waals surface area contributed by atoms with Crippen molar-refractivity contribution in [1.82, 2.24) is 4.90 Å². The van der Waals surface area contributed by atoms with E-state index in [1.807, 2.05) is 0 Å². The molecule has 1 aliphatic heterocycles. The summed E-state index contributed by atoms with van der Waals surface area (Å²) in [5, 5.41) is 8.42. The number of amides is 1. The van der Waals surface area contributed by atoms with Crippen molar-refractivity contribution in [2.75, 3.05) is 19.3 Å². The molecule has 2 atom stereocenters. The molecule has 2 aliphatic rings. The lowest BCUT2D eigenvalue weighted by Crippen LogP contribution is -2.37. The predicted molar refractivity (Wildman–Crippen MR) is 146 cm³/mol. The first-order chi connectivity index (χ1) is 17.8. The number of halogens is 3. The van der Waals surface area contributed by atoms with Gasteiger partial charge in [-0.2, -0.15) is 0 Å². The molecule has 1 aliphatic carbocycles. The van der Waals surface area contributed by atoms with Gasteiger partial charge in [0.15, 0.2) is 0 Å². The summed E-state index contributed by atoms with van der Waals surface area (Å²) in [6.45, 7) is 3.24. The van der Waals surface area contributed by atoms with Crippen molar-refractivity contribution in [2.45, 2.75) is 55.2 Å². The van der Waals surface area contributed by atoms with E-state index in [4.69, 9.17) is 47.6 Å². The third-order valence-corrected chi connectivity index (χ3v) is 8.02. The standard InChI is InChI=1S/C22H23Cl2FN2O2S.C2H4O2.CH4O2S/c23-15-8-16(24)10-18(9-15)30(29)17-3-5-27(6-4-17)12-14-7-21(25)20(22(26)28)11-19(14)13-1-2-13;1-2(3)4;1-4(2)3/h7-11,13,17H,1-6,12H2,(H2,26,28);1H3,(H,3,4);1H3,(H,2,3)/p-1. The third-order valence-electron chi connectivity index (χ3n) is 5.81. The van der Waals surface area contributed by atoms with Crippen LogP contribution >= 0.6 is 23.2 Å². The number of hydrogen-bond donors (Lipinski definition) is 2. The normalized spacial score (nSPS) is 17.3. The molecule has 1 saturated carbocycles. The molecule has 38 heavy (non-hydrogen) atoms. The molecule has 1 amide bonds. The van der Waals surface area contributed by atoms with E-state index in [0.717, 1.165) is 63.1 Å². The Morgan fingerprint density at radius 1 is 1.08 bits per heavy atom. The molecular weight excluding hydrogens is 578 g/mol. The number of carbonyl (C=O) groups excluding carboxylic acids is 1. The Bertz CT molecular complexity index is 1160. The Kier molecular flexibility index (Phi) is 12.8. The smallest absolute Gasteiger partial charge is 0.300 e. The number of nitrogens with two attached hydrogens (primary N) is 1. The van der Waals surface area contributed by atoms with Gasteiger partial charge in [-0.3, -0.25) is 22.9 Å². The van der Waals surface area contributed by atoms with Crippen molar-refractivity contribution in [2.24, 2.45) is 5.73 Å². The first-order valence-corrected chi connectivity index (χ1v) is 15.1. The molecule has 2 aromatic carbocycles. The van der Waals surface area contributed by atoms with Gasteiger partial charge in [-0.05, 0) is 92.4 Å². The molecule has 0 spiro atoms. The Hall–Kier alpha value is -1.89. The molecule has 4 rings (SSSR count). The van der Waals surface area contributed by atoms with E-state index in [9.17, 15) is 13.4 Å². The summed E-state index contributed by atoms with van der Waals surface area (Å²) in [4.78, 5) is 23.4. The summed E-state index contributed by atoms with van der Waals surface area (Å²) in [6.07, 6.45) is 4.74. The Morgan fingerprint density at radius 3 is 2.03 bits per heavy atom. The molecule has 2 aromatic rings. The van der Waals surface area contributed by atoms with Gasteiger partial charge in [0.25, 0.3) is 11.9 Å². The van der Waals surface area contributed by atoms with E-state index >= 15 is 0 Å². The number of aliphatic carboxylic acids is 1. The van der Waals surface area contributed by atoms with Crippen molar-refractivity contribution in [3.8, 4) is 0 Å². The van der Waals surface area contributed by atoms with Crippen LogP contribution in [0.15, 0.2) is 35.2 Å². The van der Waals surface area contributed by atoms with Crippen LogP contribution in [0.1, 0.15) is 60.0 Å². The maximum atomic E-state index is 14.4. The maximum Gasteiger partial charge on any atom is 0.300 e. The summed E-state index contributed by atoms with van der Waals surface area (Å²) in [5.74, 6) is -1.74. The summed E-state index contributed by atoms with van der Waals surface area (Å²) in [6, 6.07) is 8.15. The first-order valence-electron chi connectivity index (χ1n) is 11.7. The molecule has 210 valence electrons. The largest absolute Gasteiger partial charge is 0.773 e. The topological polar surface area (TPSA) is 141 Å². The highest BCUT2D eigenvalue weighted by Crippen LogP contribution is 2.43. The van der Waals surface area contributed by atoms with Gasteiger partial charge in [-0.1, -0.05) is 34.3 Å². The van der Waals surface area contributed by atoms with Crippen LogP contribution in [-0.2, 0) is 33.2 Å². The summed E-state index contributed by atoms with van der Waals surface area (Å²) < 4.78 is 45.3. The Balaban J connectivity index is 0.000000559. The van der Waals surface area contributed by atoms with Crippen molar-refractivity contribution < 1.29 is 32.1 Å².